The number of benzene rings is 5. The molecular formula is C39H35N3O5S. The van der Waals surface area contributed by atoms with E-state index in [1.54, 1.807) is 74.7 Å². The number of nitrogens with one attached hydrogen (secondary N) is 3. The van der Waals surface area contributed by atoms with Crippen LogP contribution in [-0.2, 0) is 9.59 Å². The molecule has 5 aromatic rings. The number of anilines is 2. The zero-order chi connectivity index (χ0) is 33.9. The van der Waals surface area contributed by atoms with Crippen molar-refractivity contribution in [3.05, 3.63) is 144 Å². The smallest absolute Gasteiger partial charge is 0.272 e. The lowest BCUT2D eigenvalue weighted by Gasteiger charge is -2.15. The number of carbonyl (C=O) groups excluding carboxylic acids is 3. The Hall–Kier alpha value is -5.80. The second-order valence-corrected chi connectivity index (χ2v) is 12.1. The van der Waals surface area contributed by atoms with E-state index in [1.807, 2.05) is 72.8 Å². The van der Waals surface area contributed by atoms with Gasteiger partial charge in [-0.3, -0.25) is 14.4 Å². The standard InChI is InChI=1S/C39H35N3O5S/c1-26(37(43)41-34-25-32(46-2)20-23-36(34)47-3)48-33-21-18-31(19-22-33)40-39(45)35(42-38(44)30-12-8-5-9-13-30)24-27-14-16-29(17-15-27)28-10-6-4-7-11-28/h4-26H,1-3H3,(H,40,45)(H,41,43)(H,42,44)/b35-24-. The Morgan fingerprint density at radius 2 is 1.35 bits per heavy atom. The maximum Gasteiger partial charge on any atom is 0.272 e. The predicted molar refractivity (Wildman–Crippen MR) is 192 cm³/mol. The fourth-order valence-electron chi connectivity index (χ4n) is 4.73. The maximum absolute atomic E-state index is 13.5. The quantitative estimate of drug-likeness (QED) is 0.0931. The highest BCUT2D eigenvalue weighted by Gasteiger charge is 2.18. The van der Waals surface area contributed by atoms with E-state index < -0.39 is 17.1 Å². The first kappa shape index (κ1) is 33.6. The topological polar surface area (TPSA) is 106 Å². The van der Waals surface area contributed by atoms with E-state index in [9.17, 15) is 14.4 Å². The first-order chi connectivity index (χ1) is 23.3. The van der Waals surface area contributed by atoms with E-state index in [4.69, 9.17) is 9.47 Å². The van der Waals surface area contributed by atoms with E-state index in [0.29, 0.717) is 28.4 Å². The van der Waals surface area contributed by atoms with Gasteiger partial charge < -0.3 is 25.4 Å². The largest absolute Gasteiger partial charge is 0.497 e. The monoisotopic (exact) mass is 657 g/mol. The molecule has 48 heavy (non-hydrogen) atoms. The van der Waals surface area contributed by atoms with Crippen LogP contribution in [-0.4, -0.2) is 37.2 Å². The molecule has 0 heterocycles. The molecule has 0 saturated heterocycles. The first-order valence-electron chi connectivity index (χ1n) is 15.2. The van der Waals surface area contributed by atoms with Crippen LogP contribution in [0, 0.1) is 0 Å². The summed E-state index contributed by atoms with van der Waals surface area (Å²) in [5.74, 6) is 0.0432. The van der Waals surface area contributed by atoms with Crippen LogP contribution < -0.4 is 25.4 Å². The molecule has 3 N–H and O–H groups in total. The number of methoxy groups -OCH3 is 2. The van der Waals surface area contributed by atoms with Crippen LogP contribution in [0.15, 0.2) is 138 Å². The molecule has 0 aromatic heterocycles. The third-order valence-corrected chi connectivity index (χ3v) is 8.43. The minimum Gasteiger partial charge on any atom is -0.497 e. The second kappa shape index (κ2) is 16.2. The number of hydrogen-bond donors (Lipinski definition) is 3. The highest BCUT2D eigenvalue weighted by Crippen LogP contribution is 2.31. The van der Waals surface area contributed by atoms with Crippen molar-refractivity contribution in [3.63, 3.8) is 0 Å². The van der Waals surface area contributed by atoms with Gasteiger partial charge in [0.05, 0.1) is 25.2 Å². The van der Waals surface area contributed by atoms with Gasteiger partial charge in [0.2, 0.25) is 5.91 Å². The number of amides is 3. The Labute approximate surface area is 284 Å². The van der Waals surface area contributed by atoms with Gasteiger partial charge in [0, 0.05) is 22.2 Å². The van der Waals surface area contributed by atoms with E-state index in [1.165, 1.54) is 18.9 Å². The van der Waals surface area contributed by atoms with Gasteiger partial charge in [0.15, 0.2) is 0 Å². The molecule has 0 spiro atoms. The van der Waals surface area contributed by atoms with Gasteiger partial charge in [0.25, 0.3) is 11.8 Å². The molecule has 1 atom stereocenters. The molecular weight excluding hydrogens is 623 g/mol. The summed E-state index contributed by atoms with van der Waals surface area (Å²) in [6, 6.07) is 38.8. The molecule has 5 rings (SSSR count). The van der Waals surface area contributed by atoms with Gasteiger partial charge in [-0.15, -0.1) is 11.8 Å². The molecule has 1 unspecified atom stereocenters. The molecule has 5 aromatic carbocycles. The third kappa shape index (κ3) is 8.92. The van der Waals surface area contributed by atoms with Gasteiger partial charge in [-0.2, -0.15) is 0 Å². The average Bonchev–Trinajstić information content (AvgIpc) is 3.13. The Morgan fingerprint density at radius 3 is 2.00 bits per heavy atom. The summed E-state index contributed by atoms with van der Waals surface area (Å²) >= 11 is 1.37. The van der Waals surface area contributed by atoms with E-state index >= 15 is 0 Å². The normalized spacial score (nSPS) is 11.6. The zero-order valence-corrected chi connectivity index (χ0v) is 27.5. The van der Waals surface area contributed by atoms with E-state index in [-0.39, 0.29) is 11.6 Å². The number of thioether (sulfide) groups is 1. The van der Waals surface area contributed by atoms with Gasteiger partial charge in [0.1, 0.15) is 17.2 Å². The SMILES string of the molecule is COc1ccc(OC)c(NC(=O)C(C)Sc2ccc(NC(=O)/C(=C/c3ccc(-c4ccccc4)cc3)NC(=O)c3ccccc3)cc2)c1. The molecule has 0 saturated carbocycles. The lowest BCUT2D eigenvalue weighted by Crippen LogP contribution is -2.30. The number of carbonyl (C=O) groups is 3. The van der Waals surface area contributed by atoms with Crippen LogP contribution in [0.25, 0.3) is 17.2 Å². The fraction of sp³-hybridized carbons (Fsp3) is 0.103. The van der Waals surface area contributed by atoms with Gasteiger partial charge in [-0.05, 0) is 78.2 Å². The Bertz CT molecular complexity index is 1890. The van der Waals surface area contributed by atoms with Crippen molar-refractivity contribution >= 4 is 46.9 Å². The summed E-state index contributed by atoms with van der Waals surface area (Å²) in [7, 11) is 3.09. The summed E-state index contributed by atoms with van der Waals surface area (Å²) in [6.45, 7) is 1.81. The lowest BCUT2D eigenvalue weighted by atomic mass is 10.0. The zero-order valence-electron chi connectivity index (χ0n) is 26.7. The lowest BCUT2D eigenvalue weighted by molar-refractivity contribution is -0.115. The summed E-state index contributed by atoms with van der Waals surface area (Å²) in [4.78, 5) is 40.4. The highest BCUT2D eigenvalue weighted by atomic mass is 32.2. The van der Waals surface area contributed by atoms with Gasteiger partial charge >= 0.3 is 0 Å². The summed E-state index contributed by atoms with van der Waals surface area (Å²) < 4.78 is 10.6. The maximum atomic E-state index is 13.5. The van der Waals surface area contributed by atoms with Crippen molar-refractivity contribution < 1.29 is 23.9 Å². The minimum absolute atomic E-state index is 0.0908. The third-order valence-electron chi connectivity index (χ3n) is 7.32. The van der Waals surface area contributed by atoms with Crippen LogP contribution in [0.5, 0.6) is 11.5 Å². The summed E-state index contributed by atoms with van der Waals surface area (Å²) in [5, 5.41) is 8.13. The molecule has 0 fully saturated rings. The number of ether oxygens (including phenoxy) is 2. The van der Waals surface area contributed by atoms with E-state index in [2.05, 4.69) is 16.0 Å². The second-order valence-electron chi connectivity index (χ2n) is 10.7. The highest BCUT2D eigenvalue weighted by molar-refractivity contribution is 8.00. The van der Waals surface area contributed by atoms with Crippen molar-refractivity contribution in [2.75, 3.05) is 24.9 Å². The Kier molecular flexibility index (Phi) is 11.3. The summed E-state index contributed by atoms with van der Waals surface area (Å²) in [5.41, 5.74) is 4.44. The molecule has 0 aliphatic carbocycles. The average molecular weight is 658 g/mol. The van der Waals surface area contributed by atoms with Crippen molar-refractivity contribution in [2.45, 2.75) is 17.1 Å². The van der Waals surface area contributed by atoms with Crippen LogP contribution in [0.4, 0.5) is 11.4 Å². The molecule has 8 nitrogen and oxygen atoms in total. The van der Waals surface area contributed by atoms with Crippen LogP contribution in [0.3, 0.4) is 0 Å². The van der Waals surface area contributed by atoms with Crippen LogP contribution >= 0.6 is 11.8 Å². The number of rotatable bonds is 12. The Balaban J connectivity index is 1.27. The van der Waals surface area contributed by atoms with E-state index in [0.717, 1.165) is 21.6 Å². The van der Waals surface area contributed by atoms with Crippen molar-refractivity contribution in [1.29, 1.82) is 0 Å². The van der Waals surface area contributed by atoms with Gasteiger partial charge in [-0.1, -0.05) is 72.8 Å². The van der Waals surface area contributed by atoms with Gasteiger partial charge in [-0.25, -0.2) is 0 Å². The van der Waals surface area contributed by atoms with Crippen LogP contribution in [0.2, 0.25) is 0 Å². The molecule has 0 aliphatic rings. The van der Waals surface area contributed by atoms with Crippen molar-refractivity contribution in [1.82, 2.24) is 5.32 Å². The predicted octanol–water partition coefficient (Wildman–Crippen LogP) is 7.90. The van der Waals surface area contributed by atoms with Crippen molar-refractivity contribution in [2.24, 2.45) is 0 Å². The molecule has 242 valence electrons. The summed E-state index contributed by atoms with van der Waals surface area (Å²) in [6.07, 6.45) is 1.65. The fourth-order valence-corrected chi connectivity index (χ4v) is 5.60. The molecule has 0 aliphatic heterocycles. The van der Waals surface area contributed by atoms with Crippen molar-refractivity contribution in [3.8, 4) is 22.6 Å². The van der Waals surface area contributed by atoms with Crippen LogP contribution in [0.1, 0.15) is 22.8 Å². The minimum atomic E-state index is -0.480. The first-order valence-corrected chi connectivity index (χ1v) is 16.1. The molecule has 9 heteroatoms. The Morgan fingerprint density at radius 1 is 0.708 bits per heavy atom. The molecule has 0 bridgehead atoms. The number of hydrogen-bond acceptors (Lipinski definition) is 6. The molecule has 3 amide bonds. The molecule has 0 radical (unpaired) electrons.